The van der Waals surface area contributed by atoms with E-state index in [9.17, 15) is 13.6 Å². The van der Waals surface area contributed by atoms with Gasteiger partial charge in [-0.25, -0.2) is 8.78 Å². The number of rotatable bonds is 7. The Morgan fingerprint density at radius 3 is 2.53 bits per heavy atom. The van der Waals surface area contributed by atoms with Gasteiger partial charge in [0.15, 0.2) is 0 Å². The topological polar surface area (TPSA) is 41.6 Å². The third kappa shape index (κ3) is 4.83. The van der Waals surface area contributed by atoms with Gasteiger partial charge in [-0.1, -0.05) is 42.5 Å². The van der Waals surface area contributed by atoms with Crippen molar-refractivity contribution >= 4 is 5.91 Å². The van der Waals surface area contributed by atoms with Crippen LogP contribution in [0.1, 0.15) is 21.5 Å². The maximum Gasteiger partial charge on any atom is 0.255 e. The van der Waals surface area contributed by atoms with Gasteiger partial charge in [-0.05, 0) is 35.9 Å². The highest BCUT2D eigenvalue weighted by atomic mass is 19.1. The summed E-state index contributed by atoms with van der Waals surface area (Å²) in [5, 5.41) is 2.91. The standard InChI is InChI=1S/C24H22F2N2O2/c25-19-10-11-22(26)18(12-19)14-28-15-20(16-28)30-23-9-5-4-8-21(23)24(29)27-13-17-6-2-1-3-7-17/h1-12,20H,13-16H2,(H,27,29). The van der Waals surface area contributed by atoms with Crippen LogP contribution in [-0.2, 0) is 13.1 Å². The average molecular weight is 408 g/mol. The lowest BCUT2D eigenvalue weighted by Crippen LogP contribution is -2.53. The second-order valence-corrected chi connectivity index (χ2v) is 7.33. The Morgan fingerprint density at radius 2 is 1.73 bits per heavy atom. The number of para-hydroxylation sites is 1. The van der Waals surface area contributed by atoms with Crippen LogP contribution in [-0.4, -0.2) is 30.0 Å². The highest BCUT2D eigenvalue weighted by Gasteiger charge is 2.30. The molecule has 1 aliphatic rings. The molecule has 0 bridgehead atoms. The predicted octanol–water partition coefficient (Wildman–Crippen LogP) is 4.16. The smallest absolute Gasteiger partial charge is 0.255 e. The maximum absolute atomic E-state index is 13.8. The second-order valence-electron chi connectivity index (χ2n) is 7.33. The first-order valence-electron chi connectivity index (χ1n) is 9.82. The molecule has 1 fully saturated rings. The van der Waals surface area contributed by atoms with Crippen molar-refractivity contribution in [2.24, 2.45) is 0 Å². The minimum absolute atomic E-state index is 0.107. The fourth-order valence-electron chi connectivity index (χ4n) is 3.44. The van der Waals surface area contributed by atoms with Crippen LogP contribution < -0.4 is 10.1 Å². The largest absolute Gasteiger partial charge is 0.487 e. The number of nitrogens with one attached hydrogen (secondary N) is 1. The van der Waals surface area contributed by atoms with Crippen molar-refractivity contribution in [1.82, 2.24) is 10.2 Å². The Labute approximate surface area is 174 Å². The Bertz CT molecular complexity index is 1020. The molecule has 0 aliphatic carbocycles. The lowest BCUT2D eigenvalue weighted by molar-refractivity contribution is 0.0134. The molecule has 0 radical (unpaired) electrons. The molecule has 1 N–H and O–H groups in total. The van der Waals surface area contributed by atoms with Crippen molar-refractivity contribution in [3.63, 3.8) is 0 Å². The molecule has 4 rings (SSSR count). The fraction of sp³-hybridized carbons (Fsp3) is 0.208. The third-order valence-corrected chi connectivity index (χ3v) is 5.05. The van der Waals surface area contributed by atoms with E-state index in [1.54, 1.807) is 18.2 Å². The lowest BCUT2D eigenvalue weighted by atomic mass is 10.1. The highest BCUT2D eigenvalue weighted by molar-refractivity contribution is 5.96. The van der Waals surface area contributed by atoms with Crippen LogP contribution in [0.2, 0.25) is 0 Å². The van der Waals surface area contributed by atoms with E-state index >= 15 is 0 Å². The molecule has 0 saturated carbocycles. The average Bonchev–Trinajstić information content (AvgIpc) is 2.74. The van der Waals surface area contributed by atoms with Crippen LogP contribution in [0.25, 0.3) is 0 Å². The molecular formula is C24H22F2N2O2. The van der Waals surface area contributed by atoms with Crippen LogP contribution in [0.3, 0.4) is 0 Å². The number of halogens is 2. The first-order chi connectivity index (χ1) is 14.6. The number of ether oxygens (including phenoxy) is 1. The van der Waals surface area contributed by atoms with Crippen molar-refractivity contribution in [2.75, 3.05) is 13.1 Å². The van der Waals surface area contributed by atoms with Crippen LogP contribution >= 0.6 is 0 Å². The molecule has 0 aromatic heterocycles. The van der Waals surface area contributed by atoms with Crippen molar-refractivity contribution < 1.29 is 18.3 Å². The Morgan fingerprint density at radius 1 is 1.00 bits per heavy atom. The van der Waals surface area contributed by atoms with Crippen molar-refractivity contribution in [2.45, 2.75) is 19.2 Å². The zero-order valence-electron chi connectivity index (χ0n) is 16.4. The van der Waals surface area contributed by atoms with Gasteiger partial charge < -0.3 is 10.1 Å². The van der Waals surface area contributed by atoms with Crippen LogP contribution in [0.5, 0.6) is 5.75 Å². The molecule has 30 heavy (non-hydrogen) atoms. The van der Waals surface area contributed by atoms with E-state index in [4.69, 9.17) is 4.74 Å². The summed E-state index contributed by atoms with van der Waals surface area (Å²) < 4.78 is 33.1. The number of amides is 1. The second kappa shape index (κ2) is 9.05. The number of carbonyl (C=O) groups excluding carboxylic acids is 1. The molecule has 0 unspecified atom stereocenters. The van der Waals surface area contributed by atoms with Gasteiger partial charge in [0.1, 0.15) is 23.5 Å². The number of hydrogen-bond donors (Lipinski definition) is 1. The van der Waals surface area contributed by atoms with Gasteiger partial charge in [0.2, 0.25) is 0 Å². The van der Waals surface area contributed by atoms with Crippen molar-refractivity contribution in [3.8, 4) is 5.75 Å². The summed E-state index contributed by atoms with van der Waals surface area (Å²) in [5.74, 6) is -0.548. The summed E-state index contributed by atoms with van der Waals surface area (Å²) in [6, 6.07) is 20.3. The molecule has 1 amide bonds. The molecule has 3 aromatic rings. The van der Waals surface area contributed by atoms with Gasteiger partial charge in [-0.3, -0.25) is 9.69 Å². The zero-order valence-corrected chi connectivity index (χ0v) is 16.4. The van der Waals surface area contributed by atoms with Crippen molar-refractivity contribution in [3.05, 3.63) is 101 Å². The predicted molar refractivity (Wildman–Crippen MR) is 110 cm³/mol. The number of nitrogens with zero attached hydrogens (tertiary/aromatic N) is 1. The SMILES string of the molecule is O=C(NCc1ccccc1)c1ccccc1OC1CN(Cc2cc(F)ccc2F)C1. The summed E-state index contributed by atoms with van der Waals surface area (Å²) in [6.45, 7) is 1.92. The fourth-order valence-corrected chi connectivity index (χ4v) is 3.44. The molecular weight excluding hydrogens is 386 g/mol. The van der Waals surface area contributed by atoms with E-state index in [-0.39, 0.29) is 12.0 Å². The maximum atomic E-state index is 13.8. The molecule has 0 spiro atoms. The zero-order chi connectivity index (χ0) is 20.9. The summed E-state index contributed by atoms with van der Waals surface area (Å²) in [6.07, 6.45) is -0.107. The van der Waals surface area contributed by atoms with Gasteiger partial charge in [0.25, 0.3) is 5.91 Å². The first-order valence-corrected chi connectivity index (χ1v) is 9.82. The Balaban J connectivity index is 1.32. The Kier molecular flexibility index (Phi) is 6.05. The van der Waals surface area contributed by atoms with Gasteiger partial charge in [-0.2, -0.15) is 0 Å². The quantitative estimate of drug-likeness (QED) is 0.638. The number of carbonyl (C=O) groups is 1. The van der Waals surface area contributed by atoms with E-state index in [2.05, 4.69) is 5.32 Å². The molecule has 4 nitrogen and oxygen atoms in total. The number of likely N-dealkylation sites (tertiary alicyclic amines) is 1. The van der Waals surface area contributed by atoms with E-state index in [1.807, 2.05) is 41.3 Å². The van der Waals surface area contributed by atoms with Crippen LogP contribution in [0.15, 0.2) is 72.8 Å². The van der Waals surface area contributed by atoms with E-state index in [1.165, 1.54) is 6.07 Å². The number of hydrogen-bond acceptors (Lipinski definition) is 3. The minimum Gasteiger partial charge on any atom is -0.487 e. The molecule has 0 atom stereocenters. The van der Waals surface area contributed by atoms with Gasteiger partial charge in [0, 0.05) is 31.7 Å². The molecule has 6 heteroatoms. The Hall–Kier alpha value is -3.25. The van der Waals surface area contributed by atoms with E-state index in [0.717, 1.165) is 17.7 Å². The summed E-state index contributed by atoms with van der Waals surface area (Å²) in [7, 11) is 0. The summed E-state index contributed by atoms with van der Waals surface area (Å²) >= 11 is 0. The molecule has 1 saturated heterocycles. The number of benzene rings is 3. The third-order valence-electron chi connectivity index (χ3n) is 5.05. The molecule has 1 aliphatic heterocycles. The minimum atomic E-state index is -0.449. The summed E-state index contributed by atoms with van der Waals surface area (Å²) in [5.41, 5.74) is 1.82. The first kappa shape index (κ1) is 20.0. The van der Waals surface area contributed by atoms with E-state index in [0.29, 0.717) is 43.1 Å². The highest BCUT2D eigenvalue weighted by Crippen LogP contribution is 2.24. The monoisotopic (exact) mass is 408 g/mol. The molecule has 1 heterocycles. The van der Waals surface area contributed by atoms with Gasteiger partial charge >= 0.3 is 0 Å². The van der Waals surface area contributed by atoms with Gasteiger partial charge in [-0.15, -0.1) is 0 Å². The molecule has 3 aromatic carbocycles. The van der Waals surface area contributed by atoms with Gasteiger partial charge in [0.05, 0.1) is 5.56 Å². The lowest BCUT2D eigenvalue weighted by Gasteiger charge is -2.39. The molecule has 154 valence electrons. The normalized spacial score (nSPS) is 14.2. The van der Waals surface area contributed by atoms with Crippen LogP contribution in [0.4, 0.5) is 8.78 Å². The van der Waals surface area contributed by atoms with Crippen molar-refractivity contribution in [1.29, 1.82) is 0 Å². The van der Waals surface area contributed by atoms with Crippen LogP contribution in [0, 0.1) is 11.6 Å². The summed E-state index contributed by atoms with van der Waals surface area (Å²) in [4.78, 5) is 14.6. The van der Waals surface area contributed by atoms with E-state index < -0.39 is 11.6 Å².